The Labute approximate surface area is 129 Å². The second-order valence-electron chi connectivity index (χ2n) is 5.11. The van der Waals surface area contributed by atoms with E-state index in [1.54, 1.807) is 24.3 Å². The minimum absolute atomic E-state index is 0.420. The van der Waals surface area contributed by atoms with Crippen LogP contribution in [0.5, 0.6) is 0 Å². The van der Waals surface area contributed by atoms with E-state index in [0.29, 0.717) is 11.1 Å². The number of rotatable bonds is 4. The number of ether oxygens (including phenoxy) is 2. The lowest BCUT2D eigenvalue weighted by molar-refractivity contribution is -0.0691. The van der Waals surface area contributed by atoms with Gasteiger partial charge in [-0.1, -0.05) is 35.4 Å². The summed E-state index contributed by atoms with van der Waals surface area (Å²) in [7, 11) is 0. The Morgan fingerprint density at radius 3 is 1.36 bits per heavy atom. The van der Waals surface area contributed by atoms with Crippen molar-refractivity contribution in [3.63, 3.8) is 0 Å². The van der Waals surface area contributed by atoms with E-state index in [1.807, 2.05) is 38.1 Å². The van der Waals surface area contributed by atoms with Gasteiger partial charge < -0.3 is 9.47 Å². The predicted molar refractivity (Wildman–Crippen MR) is 82.7 cm³/mol. The van der Waals surface area contributed by atoms with Gasteiger partial charge in [0, 0.05) is 6.92 Å². The van der Waals surface area contributed by atoms with E-state index in [0.717, 1.165) is 11.1 Å². The van der Waals surface area contributed by atoms with Crippen molar-refractivity contribution in [2.75, 3.05) is 0 Å². The molecule has 0 unspecified atom stereocenters. The molecular weight excluding hydrogens is 280 g/mol. The Kier molecular flexibility index (Phi) is 4.94. The van der Waals surface area contributed by atoms with Gasteiger partial charge in [-0.05, 0) is 38.1 Å². The maximum Gasteiger partial charge on any atom is 0.341 e. The van der Waals surface area contributed by atoms with E-state index in [4.69, 9.17) is 9.47 Å². The normalized spacial score (nSPS) is 10.4. The van der Waals surface area contributed by atoms with Crippen molar-refractivity contribution in [1.82, 2.24) is 0 Å². The average molecular weight is 298 g/mol. The molecule has 0 radical (unpaired) electrons. The summed E-state index contributed by atoms with van der Waals surface area (Å²) in [5.74, 6) is -1.05. The van der Waals surface area contributed by atoms with Gasteiger partial charge in [0.1, 0.15) is 0 Å². The summed E-state index contributed by atoms with van der Waals surface area (Å²) in [6.45, 7) is 5.38. The minimum atomic E-state index is -0.956. The van der Waals surface area contributed by atoms with Crippen LogP contribution in [-0.4, -0.2) is 18.2 Å². The number of hydrogen-bond acceptors (Lipinski definition) is 4. The van der Waals surface area contributed by atoms with Crippen molar-refractivity contribution in [1.29, 1.82) is 0 Å². The third-order valence-electron chi connectivity index (χ3n) is 3.12. The smallest absolute Gasteiger partial charge is 0.341 e. The molecule has 0 aliphatic rings. The molecular formula is C18H18O4. The van der Waals surface area contributed by atoms with Crippen LogP contribution in [0.25, 0.3) is 0 Å². The van der Waals surface area contributed by atoms with Crippen LogP contribution < -0.4 is 0 Å². The molecule has 2 aromatic carbocycles. The van der Waals surface area contributed by atoms with Gasteiger partial charge in [-0.2, -0.15) is 0 Å². The van der Waals surface area contributed by atoms with E-state index in [1.165, 1.54) is 6.92 Å². The fraction of sp³-hybridized carbons (Fsp3) is 0.222. The molecule has 114 valence electrons. The zero-order chi connectivity index (χ0) is 16.1. The highest BCUT2D eigenvalue weighted by atomic mass is 16.7. The zero-order valence-electron chi connectivity index (χ0n) is 12.8. The van der Waals surface area contributed by atoms with Crippen molar-refractivity contribution < 1.29 is 19.1 Å². The number of hydrogen-bond donors (Lipinski definition) is 0. The minimum Gasteiger partial charge on any atom is -0.422 e. The second-order valence-corrected chi connectivity index (χ2v) is 5.11. The predicted octanol–water partition coefficient (Wildman–Crippen LogP) is 3.66. The quantitative estimate of drug-likeness (QED) is 0.638. The van der Waals surface area contributed by atoms with Crippen LogP contribution in [0.15, 0.2) is 48.5 Å². The topological polar surface area (TPSA) is 52.6 Å². The summed E-state index contributed by atoms with van der Waals surface area (Å²) in [4.78, 5) is 23.8. The number of carbonyl (C=O) groups excluding carboxylic acids is 2. The molecule has 0 amide bonds. The fourth-order valence-corrected chi connectivity index (χ4v) is 1.84. The SMILES string of the molecule is Cc1ccc(C(=O)OC(C)OC(=O)c2ccc(C)cc2)cc1. The fourth-order valence-electron chi connectivity index (χ4n) is 1.84. The van der Waals surface area contributed by atoms with Gasteiger partial charge >= 0.3 is 11.9 Å². The highest BCUT2D eigenvalue weighted by molar-refractivity contribution is 5.91. The van der Waals surface area contributed by atoms with Crippen molar-refractivity contribution >= 4 is 11.9 Å². The van der Waals surface area contributed by atoms with Crippen LogP contribution in [0.3, 0.4) is 0 Å². The van der Waals surface area contributed by atoms with Crippen LogP contribution in [0.4, 0.5) is 0 Å². The molecule has 0 spiro atoms. The number of aryl methyl sites for hydroxylation is 2. The first-order chi connectivity index (χ1) is 10.5. The molecule has 0 N–H and O–H groups in total. The summed E-state index contributed by atoms with van der Waals surface area (Å²) in [5, 5.41) is 0. The molecule has 0 bridgehead atoms. The molecule has 2 rings (SSSR count). The van der Waals surface area contributed by atoms with Crippen LogP contribution in [0.1, 0.15) is 38.8 Å². The molecule has 0 aromatic heterocycles. The standard InChI is InChI=1S/C18H18O4/c1-12-4-8-15(9-5-12)17(19)21-14(3)22-18(20)16-10-6-13(2)7-11-16/h4-11,14H,1-3H3. The summed E-state index contributed by atoms with van der Waals surface area (Å²) in [5.41, 5.74) is 2.94. The lowest BCUT2D eigenvalue weighted by Crippen LogP contribution is -2.21. The van der Waals surface area contributed by atoms with Crippen molar-refractivity contribution in [3.05, 3.63) is 70.8 Å². The number of carbonyl (C=O) groups is 2. The Bertz CT molecular complexity index is 597. The second kappa shape index (κ2) is 6.89. The van der Waals surface area contributed by atoms with Gasteiger partial charge in [0.15, 0.2) is 0 Å². The van der Waals surface area contributed by atoms with E-state index in [9.17, 15) is 9.59 Å². The van der Waals surface area contributed by atoms with Gasteiger partial charge in [0.25, 0.3) is 0 Å². The molecule has 0 fully saturated rings. The molecule has 2 aromatic rings. The van der Waals surface area contributed by atoms with Gasteiger partial charge in [-0.25, -0.2) is 9.59 Å². The maximum absolute atomic E-state index is 11.9. The van der Waals surface area contributed by atoms with E-state index < -0.39 is 18.2 Å². The molecule has 0 aliphatic carbocycles. The van der Waals surface area contributed by atoms with Gasteiger partial charge in [-0.3, -0.25) is 0 Å². The van der Waals surface area contributed by atoms with E-state index >= 15 is 0 Å². The monoisotopic (exact) mass is 298 g/mol. The van der Waals surface area contributed by atoms with Crippen molar-refractivity contribution in [2.24, 2.45) is 0 Å². The summed E-state index contributed by atoms with van der Waals surface area (Å²) < 4.78 is 10.2. The van der Waals surface area contributed by atoms with Crippen molar-refractivity contribution in [2.45, 2.75) is 27.1 Å². The molecule has 22 heavy (non-hydrogen) atoms. The van der Waals surface area contributed by atoms with E-state index in [2.05, 4.69) is 0 Å². The highest BCUT2D eigenvalue weighted by Gasteiger charge is 2.16. The Hall–Kier alpha value is -2.62. The molecule has 0 atom stereocenters. The van der Waals surface area contributed by atoms with Crippen LogP contribution >= 0.6 is 0 Å². The van der Waals surface area contributed by atoms with Gasteiger partial charge in [0.05, 0.1) is 11.1 Å². The maximum atomic E-state index is 11.9. The average Bonchev–Trinajstić information content (AvgIpc) is 2.48. The first-order valence-electron chi connectivity index (χ1n) is 7.01. The van der Waals surface area contributed by atoms with E-state index in [-0.39, 0.29) is 0 Å². The first kappa shape index (κ1) is 15.8. The summed E-state index contributed by atoms with van der Waals surface area (Å²) >= 11 is 0. The molecule has 4 nitrogen and oxygen atoms in total. The lowest BCUT2D eigenvalue weighted by atomic mass is 10.1. The van der Waals surface area contributed by atoms with Crippen LogP contribution in [-0.2, 0) is 9.47 Å². The molecule has 4 heteroatoms. The Morgan fingerprint density at radius 2 is 1.05 bits per heavy atom. The summed E-state index contributed by atoms with van der Waals surface area (Å²) in [6.07, 6.45) is -0.956. The van der Waals surface area contributed by atoms with Gasteiger partial charge in [-0.15, -0.1) is 0 Å². The number of esters is 2. The Balaban J connectivity index is 1.93. The largest absolute Gasteiger partial charge is 0.422 e. The van der Waals surface area contributed by atoms with Crippen LogP contribution in [0, 0.1) is 13.8 Å². The third-order valence-corrected chi connectivity index (χ3v) is 3.12. The van der Waals surface area contributed by atoms with Crippen LogP contribution in [0.2, 0.25) is 0 Å². The zero-order valence-corrected chi connectivity index (χ0v) is 12.8. The van der Waals surface area contributed by atoms with Crippen molar-refractivity contribution in [3.8, 4) is 0 Å². The lowest BCUT2D eigenvalue weighted by Gasteiger charge is -2.14. The van der Waals surface area contributed by atoms with Gasteiger partial charge in [0.2, 0.25) is 6.29 Å². The molecule has 0 heterocycles. The number of benzene rings is 2. The first-order valence-corrected chi connectivity index (χ1v) is 7.01. The molecule has 0 saturated heterocycles. The third kappa shape index (κ3) is 4.19. The highest BCUT2D eigenvalue weighted by Crippen LogP contribution is 2.10. The summed E-state index contributed by atoms with van der Waals surface area (Å²) in [6, 6.07) is 14.0. The molecule has 0 aliphatic heterocycles. The Morgan fingerprint density at radius 1 is 0.727 bits per heavy atom. The molecule has 0 saturated carbocycles.